The monoisotopic (exact) mass is 473 g/mol. The van der Waals surface area contributed by atoms with Crippen LogP contribution in [0.3, 0.4) is 0 Å². The molecule has 0 radical (unpaired) electrons. The van der Waals surface area contributed by atoms with Crippen LogP contribution in [0.15, 0.2) is 88.2 Å². The molecule has 0 atom stereocenters. The molecule has 0 spiro atoms. The lowest BCUT2D eigenvalue weighted by Gasteiger charge is -2.08. The van der Waals surface area contributed by atoms with Crippen molar-refractivity contribution in [3.63, 3.8) is 0 Å². The Balaban J connectivity index is 1.54. The number of nitrogens with one attached hydrogen (secondary N) is 1. The molecule has 4 rings (SSSR count). The van der Waals surface area contributed by atoms with Crippen LogP contribution in [0.1, 0.15) is 22.8 Å². The van der Waals surface area contributed by atoms with Crippen LogP contribution >= 0.6 is 11.8 Å². The van der Waals surface area contributed by atoms with E-state index in [1.807, 2.05) is 41.8 Å². The summed E-state index contributed by atoms with van der Waals surface area (Å²) in [5, 5.41) is 24.7. The number of hydrazone groups is 1. The predicted molar refractivity (Wildman–Crippen MR) is 128 cm³/mol. The average molecular weight is 474 g/mol. The molecule has 2 aromatic carbocycles. The minimum Gasteiger partial charge on any atom is -0.302 e. The summed E-state index contributed by atoms with van der Waals surface area (Å²) in [5.74, 6) is 0.287. The molecule has 0 aliphatic rings. The fraction of sp³-hybridized carbons (Fsp3) is 0.0870. The summed E-state index contributed by atoms with van der Waals surface area (Å²) in [6.45, 7) is 2.57. The maximum Gasteiger partial charge on any atom is 0.283 e. The molecule has 0 aliphatic carbocycles. The fourth-order valence-corrected chi connectivity index (χ4v) is 4.10. The molecule has 0 bridgehead atoms. The number of pyridine rings is 1. The molecule has 0 saturated heterocycles. The van der Waals surface area contributed by atoms with Crippen LogP contribution in [0.5, 0.6) is 0 Å². The molecule has 11 heteroatoms. The normalized spacial score (nSPS) is 11.0. The van der Waals surface area contributed by atoms with Crippen molar-refractivity contribution < 1.29 is 9.72 Å². The van der Waals surface area contributed by atoms with Crippen molar-refractivity contribution in [1.82, 2.24) is 25.2 Å². The van der Waals surface area contributed by atoms with E-state index in [2.05, 4.69) is 25.7 Å². The molecular formula is C23H19N7O3S. The van der Waals surface area contributed by atoms with E-state index in [1.54, 1.807) is 24.3 Å². The molecule has 0 saturated carbocycles. The molecule has 1 amide bonds. The van der Waals surface area contributed by atoms with Crippen molar-refractivity contribution in [2.75, 3.05) is 0 Å². The molecule has 0 fully saturated rings. The number of nitro groups is 1. The van der Waals surface area contributed by atoms with E-state index in [0.717, 1.165) is 5.56 Å². The first-order chi connectivity index (χ1) is 16.6. The molecule has 10 nitrogen and oxygen atoms in total. The number of rotatable bonds is 8. The number of aromatic nitrogens is 4. The predicted octanol–water partition coefficient (Wildman–Crippen LogP) is 4.18. The van der Waals surface area contributed by atoms with Crippen molar-refractivity contribution in [3.8, 4) is 11.4 Å². The first-order valence-electron chi connectivity index (χ1n) is 10.2. The third-order valence-electron chi connectivity index (χ3n) is 4.77. The Bertz CT molecular complexity index is 1340. The van der Waals surface area contributed by atoms with Gasteiger partial charge in [-0.1, -0.05) is 36.4 Å². The van der Waals surface area contributed by atoms with Crippen molar-refractivity contribution >= 4 is 29.6 Å². The van der Waals surface area contributed by atoms with Gasteiger partial charge in [-0.05, 0) is 36.9 Å². The summed E-state index contributed by atoms with van der Waals surface area (Å²) in [5.41, 5.74) is 4.08. The van der Waals surface area contributed by atoms with Gasteiger partial charge >= 0.3 is 0 Å². The lowest BCUT2D eigenvalue weighted by atomic mass is 10.2. The molecule has 0 aliphatic heterocycles. The van der Waals surface area contributed by atoms with E-state index in [9.17, 15) is 14.9 Å². The largest absolute Gasteiger partial charge is 0.302 e. The lowest BCUT2D eigenvalue weighted by molar-refractivity contribution is -0.387. The molecule has 0 unspecified atom stereocenters. The molecule has 2 aromatic heterocycles. The number of hydrogen-bond donors (Lipinski definition) is 1. The summed E-state index contributed by atoms with van der Waals surface area (Å²) < 4.78 is 1.91. The standard InChI is InChI=1S/C23H19N7O3S/c1-2-29-21(17-6-4-3-5-7-17)26-28-23(29)34-20-9-8-16(14-19(20)30(32)33)15-25-27-22(31)18-10-12-24-13-11-18/h3-15H,2H2,1H3,(H,27,31). The Morgan fingerprint density at radius 1 is 1.15 bits per heavy atom. The summed E-state index contributed by atoms with van der Waals surface area (Å²) in [6.07, 6.45) is 4.35. The summed E-state index contributed by atoms with van der Waals surface area (Å²) >= 11 is 1.17. The van der Waals surface area contributed by atoms with Crippen molar-refractivity contribution in [2.45, 2.75) is 23.5 Å². The molecule has 170 valence electrons. The van der Waals surface area contributed by atoms with Gasteiger partial charge in [0, 0.05) is 41.7 Å². The minimum absolute atomic E-state index is 0.0960. The number of carbonyl (C=O) groups excluding carboxylic acids is 1. The zero-order valence-corrected chi connectivity index (χ0v) is 18.8. The zero-order chi connectivity index (χ0) is 23.9. The highest BCUT2D eigenvalue weighted by Gasteiger charge is 2.20. The molecule has 2 heterocycles. The van der Waals surface area contributed by atoms with Gasteiger partial charge in [0.05, 0.1) is 16.0 Å². The van der Waals surface area contributed by atoms with Gasteiger partial charge in [0.15, 0.2) is 11.0 Å². The maximum absolute atomic E-state index is 12.1. The highest BCUT2D eigenvalue weighted by atomic mass is 32.2. The summed E-state index contributed by atoms with van der Waals surface area (Å²) in [7, 11) is 0. The van der Waals surface area contributed by atoms with Crippen LogP contribution < -0.4 is 5.43 Å². The Morgan fingerprint density at radius 3 is 2.62 bits per heavy atom. The van der Waals surface area contributed by atoms with Crippen LogP contribution in [-0.2, 0) is 6.54 Å². The Morgan fingerprint density at radius 2 is 1.91 bits per heavy atom. The first kappa shape index (κ1) is 22.8. The quantitative estimate of drug-likeness (QED) is 0.231. The number of nitrogens with zero attached hydrogens (tertiary/aromatic N) is 6. The topological polar surface area (TPSA) is 128 Å². The van der Waals surface area contributed by atoms with E-state index in [-0.39, 0.29) is 5.69 Å². The van der Waals surface area contributed by atoms with Crippen LogP contribution in [0.2, 0.25) is 0 Å². The van der Waals surface area contributed by atoms with E-state index in [1.165, 1.54) is 36.4 Å². The van der Waals surface area contributed by atoms with E-state index in [4.69, 9.17) is 0 Å². The van der Waals surface area contributed by atoms with E-state index < -0.39 is 10.8 Å². The SMILES string of the molecule is CCn1c(Sc2ccc(C=NNC(=O)c3ccncc3)cc2[N+](=O)[O-])nnc1-c1ccccc1. The van der Waals surface area contributed by atoms with Crippen molar-refractivity contribution in [3.05, 3.63) is 94.3 Å². The lowest BCUT2D eigenvalue weighted by Crippen LogP contribution is -2.17. The molecule has 1 N–H and O–H groups in total. The molecule has 4 aromatic rings. The number of benzene rings is 2. The second kappa shape index (κ2) is 10.5. The second-order valence-corrected chi connectivity index (χ2v) is 7.95. The van der Waals surface area contributed by atoms with Gasteiger partial charge in [-0.15, -0.1) is 10.2 Å². The van der Waals surface area contributed by atoms with Crippen molar-refractivity contribution in [2.24, 2.45) is 5.10 Å². The number of hydrogen-bond acceptors (Lipinski definition) is 8. The van der Waals surface area contributed by atoms with Gasteiger partial charge in [0.2, 0.25) is 0 Å². The van der Waals surface area contributed by atoms with Gasteiger partial charge in [0.1, 0.15) is 0 Å². The first-order valence-corrected chi connectivity index (χ1v) is 11.1. The minimum atomic E-state index is -0.458. The van der Waals surface area contributed by atoms with Gasteiger partial charge in [-0.2, -0.15) is 5.10 Å². The van der Waals surface area contributed by atoms with Crippen LogP contribution in [0.4, 0.5) is 5.69 Å². The van der Waals surface area contributed by atoms with Crippen molar-refractivity contribution in [1.29, 1.82) is 0 Å². The fourth-order valence-electron chi connectivity index (χ4n) is 3.13. The van der Waals surface area contributed by atoms with Crippen LogP contribution in [0.25, 0.3) is 11.4 Å². The molecule has 34 heavy (non-hydrogen) atoms. The van der Waals surface area contributed by atoms with E-state index in [0.29, 0.717) is 33.5 Å². The summed E-state index contributed by atoms with van der Waals surface area (Å²) in [4.78, 5) is 27.6. The Labute approximate surface area is 198 Å². The zero-order valence-electron chi connectivity index (χ0n) is 18.0. The van der Waals surface area contributed by atoms with Gasteiger partial charge < -0.3 is 4.57 Å². The highest BCUT2D eigenvalue weighted by molar-refractivity contribution is 7.99. The van der Waals surface area contributed by atoms with Gasteiger partial charge in [0.25, 0.3) is 11.6 Å². The maximum atomic E-state index is 12.1. The number of amides is 1. The number of carbonyl (C=O) groups is 1. The smallest absolute Gasteiger partial charge is 0.283 e. The third-order valence-corrected chi connectivity index (χ3v) is 5.82. The van der Waals surface area contributed by atoms with Crippen LogP contribution in [-0.4, -0.2) is 36.8 Å². The van der Waals surface area contributed by atoms with Gasteiger partial charge in [-0.3, -0.25) is 19.9 Å². The number of nitro benzene ring substituents is 1. The Hall–Kier alpha value is -4.38. The Kier molecular flexibility index (Phi) is 7.04. The third kappa shape index (κ3) is 5.15. The van der Waals surface area contributed by atoms with E-state index >= 15 is 0 Å². The highest BCUT2D eigenvalue weighted by Crippen LogP contribution is 2.35. The average Bonchev–Trinajstić information content (AvgIpc) is 3.28. The molecular weight excluding hydrogens is 454 g/mol. The van der Waals surface area contributed by atoms with Crippen LogP contribution in [0, 0.1) is 10.1 Å². The second-order valence-electron chi connectivity index (χ2n) is 6.94. The summed E-state index contributed by atoms with van der Waals surface area (Å²) in [6, 6.07) is 17.5. The van der Waals surface area contributed by atoms with Gasteiger partial charge in [-0.25, -0.2) is 5.43 Å².